The second-order valence-corrected chi connectivity index (χ2v) is 6.44. The maximum Gasteiger partial charge on any atom is 0.123 e. The third kappa shape index (κ3) is 3.64. The van der Waals surface area contributed by atoms with Gasteiger partial charge in [-0.3, -0.25) is 4.90 Å². The fraction of sp³-hybridized carbons (Fsp3) is 0.333. The lowest BCUT2D eigenvalue weighted by atomic mass is 9.95. The zero-order valence-electron chi connectivity index (χ0n) is 13.1. The molecular formula is C18H20Cl2N2O. The third-order valence-electron chi connectivity index (χ3n) is 4.21. The number of ether oxygens (including phenoxy) is 1. The molecular weight excluding hydrogens is 331 g/mol. The first kappa shape index (κ1) is 16.6. The molecule has 1 N–H and O–H groups in total. The van der Waals surface area contributed by atoms with E-state index in [9.17, 15) is 0 Å². The molecule has 5 heteroatoms. The Morgan fingerprint density at radius 3 is 2.48 bits per heavy atom. The maximum absolute atomic E-state index is 6.52. The van der Waals surface area contributed by atoms with Crippen molar-refractivity contribution in [2.24, 2.45) is 0 Å². The summed E-state index contributed by atoms with van der Waals surface area (Å²) in [6.45, 7) is 3.86. The summed E-state index contributed by atoms with van der Waals surface area (Å²) in [5.74, 6) is 0.877. The van der Waals surface area contributed by atoms with Crippen molar-refractivity contribution in [3.8, 4) is 5.75 Å². The largest absolute Gasteiger partial charge is 0.496 e. The Kier molecular flexibility index (Phi) is 5.44. The van der Waals surface area contributed by atoms with Gasteiger partial charge in [0.15, 0.2) is 0 Å². The van der Waals surface area contributed by atoms with Crippen LogP contribution in [-0.4, -0.2) is 38.2 Å². The number of halogens is 2. The lowest BCUT2D eigenvalue weighted by molar-refractivity contribution is 0.195. The van der Waals surface area contributed by atoms with Crippen LogP contribution in [0.25, 0.3) is 0 Å². The van der Waals surface area contributed by atoms with Crippen LogP contribution in [0.3, 0.4) is 0 Å². The fourth-order valence-corrected chi connectivity index (χ4v) is 3.63. The second-order valence-electron chi connectivity index (χ2n) is 5.60. The zero-order valence-corrected chi connectivity index (χ0v) is 14.6. The first-order valence-electron chi connectivity index (χ1n) is 7.73. The molecule has 122 valence electrons. The van der Waals surface area contributed by atoms with Gasteiger partial charge in [0.25, 0.3) is 0 Å². The van der Waals surface area contributed by atoms with Crippen molar-refractivity contribution in [2.45, 2.75) is 6.04 Å². The molecule has 1 saturated heterocycles. The molecule has 2 aromatic rings. The van der Waals surface area contributed by atoms with Crippen molar-refractivity contribution >= 4 is 23.2 Å². The van der Waals surface area contributed by atoms with Gasteiger partial charge >= 0.3 is 0 Å². The molecule has 0 amide bonds. The SMILES string of the molecule is COc1ccccc1C(c1ccc(Cl)cc1Cl)N1CCNCC1. The molecule has 1 atom stereocenters. The topological polar surface area (TPSA) is 24.5 Å². The molecule has 0 aromatic heterocycles. The van der Waals surface area contributed by atoms with Crippen LogP contribution in [0.5, 0.6) is 5.75 Å². The van der Waals surface area contributed by atoms with Crippen molar-refractivity contribution in [2.75, 3.05) is 33.3 Å². The van der Waals surface area contributed by atoms with Crippen molar-refractivity contribution in [3.05, 3.63) is 63.6 Å². The summed E-state index contributed by atoms with van der Waals surface area (Å²) in [5.41, 5.74) is 2.18. The minimum Gasteiger partial charge on any atom is -0.496 e. The van der Waals surface area contributed by atoms with E-state index in [4.69, 9.17) is 27.9 Å². The van der Waals surface area contributed by atoms with E-state index in [1.165, 1.54) is 0 Å². The number of nitrogens with one attached hydrogen (secondary N) is 1. The van der Waals surface area contributed by atoms with Gasteiger partial charge in [0.05, 0.1) is 13.2 Å². The first-order chi connectivity index (χ1) is 11.2. The molecule has 0 radical (unpaired) electrons. The zero-order chi connectivity index (χ0) is 16.2. The molecule has 2 aromatic carbocycles. The molecule has 1 heterocycles. The Bertz CT molecular complexity index is 672. The highest BCUT2D eigenvalue weighted by Gasteiger charge is 2.27. The number of hydrogen-bond acceptors (Lipinski definition) is 3. The maximum atomic E-state index is 6.52. The third-order valence-corrected chi connectivity index (χ3v) is 4.77. The Labute approximate surface area is 147 Å². The van der Waals surface area contributed by atoms with E-state index in [1.807, 2.05) is 36.4 Å². The van der Waals surface area contributed by atoms with Crippen LogP contribution in [0, 0.1) is 0 Å². The van der Waals surface area contributed by atoms with Crippen LogP contribution in [0.15, 0.2) is 42.5 Å². The van der Waals surface area contributed by atoms with Gasteiger partial charge in [-0.05, 0) is 23.8 Å². The van der Waals surface area contributed by atoms with Crippen LogP contribution in [0.2, 0.25) is 10.0 Å². The van der Waals surface area contributed by atoms with Gasteiger partial charge in [-0.1, -0.05) is 47.5 Å². The first-order valence-corrected chi connectivity index (χ1v) is 8.49. The highest BCUT2D eigenvalue weighted by atomic mass is 35.5. The minimum atomic E-state index is 0.0537. The van der Waals surface area contributed by atoms with Gasteiger partial charge in [-0.25, -0.2) is 0 Å². The number of piperazine rings is 1. The number of benzene rings is 2. The van der Waals surface area contributed by atoms with Crippen LogP contribution >= 0.6 is 23.2 Å². The molecule has 0 bridgehead atoms. The van der Waals surface area contributed by atoms with Gasteiger partial charge in [-0.2, -0.15) is 0 Å². The summed E-state index contributed by atoms with van der Waals surface area (Å²) >= 11 is 12.6. The standard InChI is InChI=1S/C18H20Cl2N2O/c1-23-17-5-3-2-4-15(17)18(22-10-8-21-9-11-22)14-7-6-13(19)12-16(14)20/h2-7,12,18,21H,8-11H2,1H3. The van der Waals surface area contributed by atoms with Crippen molar-refractivity contribution < 1.29 is 4.74 Å². The smallest absolute Gasteiger partial charge is 0.123 e. The number of hydrogen-bond donors (Lipinski definition) is 1. The molecule has 1 aliphatic rings. The second kappa shape index (κ2) is 7.54. The van der Waals surface area contributed by atoms with Crippen LogP contribution in [0.4, 0.5) is 0 Å². The van der Waals surface area contributed by atoms with Crippen molar-refractivity contribution in [1.29, 1.82) is 0 Å². The van der Waals surface area contributed by atoms with Crippen LogP contribution in [0.1, 0.15) is 17.2 Å². The summed E-state index contributed by atoms with van der Waals surface area (Å²) in [5, 5.41) is 4.74. The normalized spacial score (nSPS) is 17.0. The van der Waals surface area contributed by atoms with E-state index < -0.39 is 0 Å². The summed E-state index contributed by atoms with van der Waals surface area (Å²) < 4.78 is 5.59. The van der Waals surface area contributed by atoms with Gasteiger partial charge in [0, 0.05) is 41.8 Å². The molecule has 1 unspecified atom stereocenters. The van der Waals surface area contributed by atoms with E-state index in [-0.39, 0.29) is 6.04 Å². The number of rotatable bonds is 4. The highest BCUT2D eigenvalue weighted by Crippen LogP contribution is 2.38. The quantitative estimate of drug-likeness (QED) is 0.901. The van der Waals surface area contributed by atoms with E-state index >= 15 is 0 Å². The summed E-state index contributed by atoms with van der Waals surface area (Å²) in [6.07, 6.45) is 0. The Morgan fingerprint density at radius 2 is 1.78 bits per heavy atom. The molecule has 3 rings (SSSR count). The lowest BCUT2D eigenvalue weighted by Gasteiger charge is -2.36. The van der Waals surface area contributed by atoms with E-state index in [0.29, 0.717) is 10.0 Å². The predicted molar refractivity (Wildman–Crippen MR) is 95.7 cm³/mol. The molecule has 1 aliphatic heterocycles. The van der Waals surface area contributed by atoms with E-state index in [0.717, 1.165) is 43.1 Å². The lowest BCUT2D eigenvalue weighted by Crippen LogP contribution is -2.45. The number of nitrogens with zero attached hydrogens (tertiary/aromatic N) is 1. The molecule has 3 nitrogen and oxygen atoms in total. The molecule has 0 saturated carbocycles. The average Bonchev–Trinajstić information content (AvgIpc) is 2.58. The van der Waals surface area contributed by atoms with E-state index in [2.05, 4.69) is 16.3 Å². The van der Waals surface area contributed by atoms with Crippen LogP contribution < -0.4 is 10.1 Å². The molecule has 0 spiro atoms. The van der Waals surface area contributed by atoms with Gasteiger partial charge < -0.3 is 10.1 Å². The van der Waals surface area contributed by atoms with Gasteiger partial charge in [0.1, 0.15) is 5.75 Å². The fourth-order valence-electron chi connectivity index (χ4n) is 3.12. The van der Waals surface area contributed by atoms with Crippen molar-refractivity contribution in [1.82, 2.24) is 10.2 Å². The monoisotopic (exact) mass is 350 g/mol. The van der Waals surface area contributed by atoms with Crippen molar-refractivity contribution in [3.63, 3.8) is 0 Å². The minimum absolute atomic E-state index is 0.0537. The average molecular weight is 351 g/mol. The Hall–Kier alpha value is -1.26. The summed E-state index contributed by atoms with van der Waals surface area (Å²) in [7, 11) is 1.71. The highest BCUT2D eigenvalue weighted by molar-refractivity contribution is 6.35. The number of methoxy groups -OCH3 is 1. The Balaban J connectivity index is 2.09. The molecule has 0 aliphatic carbocycles. The molecule has 1 fully saturated rings. The predicted octanol–water partition coefficient (Wildman–Crippen LogP) is 4.00. The van der Waals surface area contributed by atoms with Gasteiger partial charge in [-0.15, -0.1) is 0 Å². The summed E-state index contributed by atoms with van der Waals surface area (Å²) in [4.78, 5) is 2.43. The molecule has 23 heavy (non-hydrogen) atoms. The van der Waals surface area contributed by atoms with Crippen LogP contribution in [-0.2, 0) is 0 Å². The van der Waals surface area contributed by atoms with E-state index in [1.54, 1.807) is 7.11 Å². The Morgan fingerprint density at radius 1 is 1.04 bits per heavy atom. The number of para-hydroxylation sites is 1. The summed E-state index contributed by atoms with van der Waals surface area (Å²) in [6, 6.07) is 13.9. The van der Waals surface area contributed by atoms with Gasteiger partial charge in [0.2, 0.25) is 0 Å².